The van der Waals surface area contributed by atoms with Gasteiger partial charge in [-0.05, 0) is 30.5 Å². The second kappa shape index (κ2) is 6.03. The molecule has 92 valence electrons. The SMILES string of the molecule is CCc1ccc(NC(=O)C(CC)C(=O)O)cc1. The molecule has 0 saturated carbocycles. The number of carboxylic acid groups (broad SMARTS) is 1. The Kier molecular flexibility index (Phi) is 4.69. The maximum Gasteiger partial charge on any atom is 0.316 e. The van der Waals surface area contributed by atoms with Gasteiger partial charge in [-0.15, -0.1) is 0 Å². The zero-order chi connectivity index (χ0) is 12.8. The molecule has 17 heavy (non-hydrogen) atoms. The van der Waals surface area contributed by atoms with Gasteiger partial charge in [-0.1, -0.05) is 26.0 Å². The van der Waals surface area contributed by atoms with Crippen LogP contribution in [0, 0.1) is 5.92 Å². The third-order valence-corrected chi connectivity index (χ3v) is 2.65. The molecule has 0 aromatic heterocycles. The number of amides is 1. The van der Waals surface area contributed by atoms with Gasteiger partial charge in [-0.2, -0.15) is 0 Å². The lowest BCUT2D eigenvalue weighted by atomic mass is 10.1. The van der Waals surface area contributed by atoms with Crippen LogP contribution in [0.5, 0.6) is 0 Å². The fourth-order valence-electron chi connectivity index (χ4n) is 1.53. The Morgan fingerprint density at radius 3 is 2.24 bits per heavy atom. The van der Waals surface area contributed by atoms with E-state index in [9.17, 15) is 9.59 Å². The first-order valence-corrected chi connectivity index (χ1v) is 5.71. The number of anilines is 1. The third-order valence-electron chi connectivity index (χ3n) is 2.65. The summed E-state index contributed by atoms with van der Waals surface area (Å²) >= 11 is 0. The van der Waals surface area contributed by atoms with Gasteiger partial charge in [0.15, 0.2) is 0 Å². The molecule has 4 heteroatoms. The van der Waals surface area contributed by atoms with Crippen LogP contribution in [-0.2, 0) is 16.0 Å². The summed E-state index contributed by atoms with van der Waals surface area (Å²) in [6.07, 6.45) is 1.22. The highest BCUT2D eigenvalue weighted by molar-refractivity contribution is 6.04. The molecule has 0 heterocycles. The highest BCUT2D eigenvalue weighted by Crippen LogP contribution is 2.12. The van der Waals surface area contributed by atoms with Crippen molar-refractivity contribution in [1.29, 1.82) is 0 Å². The van der Waals surface area contributed by atoms with Gasteiger partial charge < -0.3 is 10.4 Å². The molecule has 1 atom stereocenters. The maximum atomic E-state index is 11.6. The lowest BCUT2D eigenvalue weighted by Crippen LogP contribution is -2.28. The fraction of sp³-hybridized carbons (Fsp3) is 0.385. The van der Waals surface area contributed by atoms with Crippen LogP contribution in [0.15, 0.2) is 24.3 Å². The average Bonchev–Trinajstić information content (AvgIpc) is 2.30. The van der Waals surface area contributed by atoms with Crippen molar-refractivity contribution in [1.82, 2.24) is 0 Å². The number of aryl methyl sites for hydroxylation is 1. The lowest BCUT2D eigenvalue weighted by Gasteiger charge is -2.10. The molecule has 1 rings (SSSR count). The molecule has 0 saturated heterocycles. The Morgan fingerprint density at radius 2 is 1.82 bits per heavy atom. The van der Waals surface area contributed by atoms with Crippen molar-refractivity contribution in [2.45, 2.75) is 26.7 Å². The summed E-state index contributed by atoms with van der Waals surface area (Å²) < 4.78 is 0. The Morgan fingerprint density at radius 1 is 1.24 bits per heavy atom. The smallest absolute Gasteiger partial charge is 0.316 e. The van der Waals surface area contributed by atoms with E-state index in [0.717, 1.165) is 6.42 Å². The number of benzene rings is 1. The predicted octanol–water partition coefficient (Wildman–Crippen LogP) is 2.30. The average molecular weight is 235 g/mol. The number of carbonyl (C=O) groups excluding carboxylic acids is 1. The Bertz CT molecular complexity index is 398. The molecule has 1 unspecified atom stereocenters. The molecule has 0 aliphatic carbocycles. The van der Waals surface area contributed by atoms with Crippen LogP contribution >= 0.6 is 0 Å². The quantitative estimate of drug-likeness (QED) is 0.769. The van der Waals surface area contributed by atoms with Gasteiger partial charge in [-0.3, -0.25) is 9.59 Å². The number of carbonyl (C=O) groups is 2. The first-order chi connectivity index (χ1) is 8.08. The van der Waals surface area contributed by atoms with E-state index in [1.807, 2.05) is 19.1 Å². The summed E-state index contributed by atoms with van der Waals surface area (Å²) in [4.78, 5) is 22.4. The largest absolute Gasteiger partial charge is 0.481 e. The van der Waals surface area contributed by atoms with Crippen LogP contribution in [0.1, 0.15) is 25.8 Å². The summed E-state index contributed by atoms with van der Waals surface area (Å²) in [6, 6.07) is 7.39. The second-order valence-corrected chi connectivity index (χ2v) is 3.84. The number of hydrogen-bond donors (Lipinski definition) is 2. The summed E-state index contributed by atoms with van der Waals surface area (Å²) in [5.74, 6) is -2.54. The molecule has 0 aliphatic rings. The Labute approximate surface area is 101 Å². The lowest BCUT2D eigenvalue weighted by molar-refractivity contribution is -0.145. The van der Waals surface area contributed by atoms with Gasteiger partial charge in [0, 0.05) is 5.69 Å². The van der Waals surface area contributed by atoms with E-state index >= 15 is 0 Å². The van der Waals surface area contributed by atoms with Crippen molar-refractivity contribution in [2.75, 3.05) is 5.32 Å². The Balaban J connectivity index is 2.69. The topological polar surface area (TPSA) is 66.4 Å². The van der Waals surface area contributed by atoms with Crippen LogP contribution in [0.25, 0.3) is 0 Å². The minimum atomic E-state index is -1.09. The van der Waals surface area contributed by atoms with Gasteiger partial charge >= 0.3 is 5.97 Å². The Hall–Kier alpha value is -1.84. The third kappa shape index (κ3) is 3.59. The van der Waals surface area contributed by atoms with E-state index in [2.05, 4.69) is 5.32 Å². The minimum absolute atomic E-state index is 0.286. The first-order valence-electron chi connectivity index (χ1n) is 5.71. The molecule has 0 fully saturated rings. The van der Waals surface area contributed by atoms with E-state index in [-0.39, 0.29) is 6.42 Å². The van der Waals surface area contributed by atoms with Crippen molar-refractivity contribution in [3.05, 3.63) is 29.8 Å². The van der Waals surface area contributed by atoms with Crippen LogP contribution < -0.4 is 5.32 Å². The molecule has 4 nitrogen and oxygen atoms in total. The molecule has 0 spiro atoms. The van der Waals surface area contributed by atoms with Crippen molar-refractivity contribution in [2.24, 2.45) is 5.92 Å². The molecule has 2 N–H and O–H groups in total. The molecule has 0 radical (unpaired) electrons. The van der Waals surface area contributed by atoms with Crippen LogP contribution in [0.4, 0.5) is 5.69 Å². The minimum Gasteiger partial charge on any atom is -0.481 e. The number of aliphatic carboxylic acids is 1. The van der Waals surface area contributed by atoms with E-state index in [1.165, 1.54) is 5.56 Å². The van der Waals surface area contributed by atoms with Crippen molar-refractivity contribution in [3.8, 4) is 0 Å². The predicted molar refractivity (Wildman–Crippen MR) is 65.9 cm³/mol. The summed E-state index contributed by atoms with van der Waals surface area (Å²) in [7, 11) is 0. The normalized spacial score (nSPS) is 11.9. The van der Waals surface area contributed by atoms with E-state index in [4.69, 9.17) is 5.11 Å². The van der Waals surface area contributed by atoms with E-state index in [1.54, 1.807) is 19.1 Å². The number of hydrogen-bond acceptors (Lipinski definition) is 2. The zero-order valence-corrected chi connectivity index (χ0v) is 10.1. The highest BCUT2D eigenvalue weighted by atomic mass is 16.4. The zero-order valence-electron chi connectivity index (χ0n) is 10.1. The van der Waals surface area contributed by atoms with E-state index in [0.29, 0.717) is 5.69 Å². The fourth-order valence-corrected chi connectivity index (χ4v) is 1.53. The van der Waals surface area contributed by atoms with Gasteiger partial charge in [0.1, 0.15) is 5.92 Å². The van der Waals surface area contributed by atoms with E-state index < -0.39 is 17.8 Å². The standard InChI is InChI=1S/C13H17NO3/c1-3-9-5-7-10(8-6-9)14-12(15)11(4-2)13(16)17/h5-8,11H,3-4H2,1-2H3,(H,14,15)(H,16,17). The number of rotatable bonds is 5. The molecule has 1 aromatic carbocycles. The van der Waals surface area contributed by atoms with Gasteiger partial charge in [0.05, 0.1) is 0 Å². The van der Waals surface area contributed by atoms with Crippen LogP contribution in [0.2, 0.25) is 0 Å². The molecule has 1 amide bonds. The maximum absolute atomic E-state index is 11.6. The number of carboxylic acids is 1. The van der Waals surface area contributed by atoms with Gasteiger partial charge in [0.25, 0.3) is 0 Å². The first kappa shape index (κ1) is 13.2. The molecule has 1 aromatic rings. The molecule has 0 aliphatic heterocycles. The number of nitrogens with one attached hydrogen (secondary N) is 1. The van der Waals surface area contributed by atoms with Crippen molar-refractivity contribution in [3.63, 3.8) is 0 Å². The van der Waals surface area contributed by atoms with Crippen molar-refractivity contribution >= 4 is 17.6 Å². The summed E-state index contributed by atoms with van der Waals surface area (Å²) in [5, 5.41) is 11.4. The van der Waals surface area contributed by atoms with Crippen LogP contribution in [-0.4, -0.2) is 17.0 Å². The van der Waals surface area contributed by atoms with Gasteiger partial charge in [-0.25, -0.2) is 0 Å². The van der Waals surface area contributed by atoms with Crippen molar-refractivity contribution < 1.29 is 14.7 Å². The monoisotopic (exact) mass is 235 g/mol. The summed E-state index contributed by atoms with van der Waals surface area (Å²) in [6.45, 7) is 3.73. The second-order valence-electron chi connectivity index (χ2n) is 3.84. The molecular weight excluding hydrogens is 218 g/mol. The molecular formula is C13H17NO3. The van der Waals surface area contributed by atoms with Crippen LogP contribution in [0.3, 0.4) is 0 Å². The highest BCUT2D eigenvalue weighted by Gasteiger charge is 2.23. The molecule has 0 bridgehead atoms. The summed E-state index contributed by atoms with van der Waals surface area (Å²) in [5.41, 5.74) is 1.81. The van der Waals surface area contributed by atoms with Gasteiger partial charge in [0.2, 0.25) is 5.91 Å².